The summed E-state index contributed by atoms with van der Waals surface area (Å²) in [5, 5.41) is 8.82. The molecule has 0 spiro atoms. The third-order valence-corrected chi connectivity index (χ3v) is 6.57. The Morgan fingerprint density at radius 1 is 1.12 bits per heavy atom. The zero-order chi connectivity index (χ0) is 23.7. The van der Waals surface area contributed by atoms with Gasteiger partial charge in [-0.2, -0.15) is 18.2 Å². The van der Waals surface area contributed by atoms with Gasteiger partial charge in [-0.25, -0.2) is 4.39 Å². The summed E-state index contributed by atoms with van der Waals surface area (Å²) in [4.78, 5) is 10.9. The van der Waals surface area contributed by atoms with Crippen molar-refractivity contribution in [1.29, 1.82) is 0 Å². The number of aromatic nitrogens is 5. The number of halogens is 4. The molecule has 3 aromatic heterocycles. The lowest BCUT2D eigenvalue weighted by Gasteiger charge is -2.31. The van der Waals surface area contributed by atoms with Crippen molar-refractivity contribution in [1.82, 2.24) is 24.6 Å². The van der Waals surface area contributed by atoms with Gasteiger partial charge in [-0.3, -0.25) is 9.38 Å². The zero-order valence-corrected chi connectivity index (χ0v) is 18.1. The zero-order valence-electron chi connectivity index (χ0n) is 18.1. The summed E-state index contributed by atoms with van der Waals surface area (Å²) < 4.78 is 56.1. The van der Waals surface area contributed by atoms with E-state index in [1.165, 1.54) is 18.3 Å². The minimum Gasteiger partial charge on any atom is -0.324 e. The van der Waals surface area contributed by atoms with Crippen LogP contribution in [0.1, 0.15) is 36.2 Å². The molecule has 0 bridgehead atoms. The average molecular weight is 466 g/mol. The maximum Gasteiger partial charge on any atom is 0.405 e. The van der Waals surface area contributed by atoms with E-state index in [9.17, 15) is 17.6 Å². The Balaban J connectivity index is 1.51. The SMILES string of the molecule is Cc1nnc2nc(N3CCCc4c(C#CC5(C(F)(F)F)CC5)cncc43)c3cc(F)ccc3n12. The fraction of sp³-hybridized carbons (Fsp3) is 0.333. The molecule has 0 amide bonds. The smallest absolute Gasteiger partial charge is 0.324 e. The van der Waals surface area contributed by atoms with E-state index in [-0.39, 0.29) is 12.8 Å². The van der Waals surface area contributed by atoms with Gasteiger partial charge in [-0.1, -0.05) is 11.8 Å². The molecule has 1 saturated carbocycles. The molecular weight excluding hydrogens is 448 g/mol. The molecular formula is C24H18F4N6. The first-order chi connectivity index (χ1) is 16.3. The highest BCUT2D eigenvalue weighted by Crippen LogP contribution is 2.57. The van der Waals surface area contributed by atoms with Crippen LogP contribution in [0.2, 0.25) is 0 Å². The predicted molar refractivity (Wildman–Crippen MR) is 117 cm³/mol. The maximum absolute atomic E-state index is 14.3. The quantitative estimate of drug-likeness (QED) is 0.295. The summed E-state index contributed by atoms with van der Waals surface area (Å²) in [7, 11) is 0. The van der Waals surface area contributed by atoms with Crippen molar-refractivity contribution in [2.75, 3.05) is 11.4 Å². The van der Waals surface area contributed by atoms with E-state index in [1.807, 2.05) is 4.90 Å². The number of nitrogens with zero attached hydrogens (tertiary/aromatic N) is 6. The monoisotopic (exact) mass is 466 g/mol. The molecule has 0 saturated heterocycles. The van der Waals surface area contributed by atoms with Crippen LogP contribution in [0.15, 0.2) is 30.6 Å². The van der Waals surface area contributed by atoms with Crippen LogP contribution in [-0.4, -0.2) is 37.3 Å². The molecule has 4 heterocycles. The highest BCUT2D eigenvalue weighted by Gasteiger charge is 2.62. The molecule has 0 radical (unpaired) electrons. The van der Waals surface area contributed by atoms with E-state index in [0.29, 0.717) is 52.5 Å². The van der Waals surface area contributed by atoms with Crippen molar-refractivity contribution in [3.63, 3.8) is 0 Å². The molecule has 1 fully saturated rings. The molecule has 1 aromatic carbocycles. The van der Waals surface area contributed by atoms with E-state index in [4.69, 9.17) is 0 Å². The lowest BCUT2D eigenvalue weighted by molar-refractivity contribution is -0.168. The van der Waals surface area contributed by atoms with Crippen LogP contribution in [0.4, 0.5) is 29.1 Å². The fourth-order valence-electron chi connectivity index (χ4n) is 4.57. The molecule has 34 heavy (non-hydrogen) atoms. The van der Waals surface area contributed by atoms with Crippen molar-refractivity contribution in [3.8, 4) is 11.8 Å². The molecule has 6 nitrogen and oxygen atoms in total. The predicted octanol–water partition coefficient (Wildman–Crippen LogP) is 4.90. The summed E-state index contributed by atoms with van der Waals surface area (Å²) in [6.45, 7) is 2.38. The summed E-state index contributed by atoms with van der Waals surface area (Å²) in [5.74, 6) is 6.34. The topological polar surface area (TPSA) is 59.2 Å². The number of aryl methyl sites for hydroxylation is 1. The molecule has 0 unspecified atom stereocenters. The van der Waals surface area contributed by atoms with Gasteiger partial charge < -0.3 is 4.90 Å². The van der Waals surface area contributed by atoms with Gasteiger partial charge in [0.25, 0.3) is 5.78 Å². The van der Waals surface area contributed by atoms with Crippen LogP contribution in [0.3, 0.4) is 0 Å². The van der Waals surface area contributed by atoms with Crippen LogP contribution in [0.25, 0.3) is 16.7 Å². The van der Waals surface area contributed by atoms with Gasteiger partial charge in [0.05, 0.1) is 17.4 Å². The molecule has 2 aliphatic rings. The minimum absolute atomic E-state index is 0.0251. The number of fused-ring (bicyclic) bond motifs is 4. The number of benzene rings is 1. The molecule has 0 N–H and O–H groups in total. The third kappa shape index (κ3) is 3.10. The highest BCUT2D eigenvalue weighted by atomic mass is 19.4. The lowest BCUT2D eigenvalue weighted by atomic mass is 9.97. The highest BCUT2D eigenvalue weighted by molar-refractivity contribution is 5.94. The van der Waals surface area contributed by atoms with Gasteiger partial charge in [0.1, 0.15) is 22.9 Å². The van der Waals surface area contributed by atoms with Gasteiger partial charge in [0.2, 0.25) is 0 Å². The second kappa shape index (κ2) is 7.13. The number of rotatable bonds is 1. The van der Waals surface area contributed by atoms with E-state index < -0.39 is 17.4 Å². The normalized spacial score (nSPS) is 16.9. The standard InChI is InChI=1S/C24H18F4N6/c1-14-31-32-22-30-21(18-11-16(25)4-5-19(18)34(14)22)33-10-2-3-17-15(12-29-13-20(17)33)6-7-23(8-9-23)24(26,27)28/h4-5,11-13H,2-3,8-10H2,1H3. The molecule has 4 aromatic rings. The Hall–Kier alpha value is -3.74. The van der Waals surface area contributed by atoms with Crippen LogP contribution < -0.4 is 4.90 Å². The molecule has 6 rings (SSSR count). The van der Waals surface area contributed by atoms with Crippen molar-refractivity contribution in [2.45, 2.75) is 38.8 Å². The van der Waals surface area contributed by atoms with Crippen molar-refractivity contribution >= 4 is 28.2 Å². The summed E-state index contributed by atoms with van der Waals surface area (Å²) >= 11 is 0. The summed E-state index contributed by atoms with van der Waals surface area (Å²) in [6, 6.07) is 4.46. The lowest BCUT2D eigenvalue weighted by Crippen LogP contribution is -2.27. The number of hydrogen-bond acceptors (Lipinski definition) is 5. The average Bonchev–Trinajstić information content (AvgIpc) is 3.53. The molecule has 0 atom stereocenters. The van der Waals surface area contributed by atoms with Gasteiger partial charge in [0, 0.05) is 23.7 Å². The van der Waals surface area contributed by atoms with Gasteiger partial charge >= 0.3 is 6.18 Å². The van der Waals surface area contributed by atoms with Crippen molar-refractivity contribution in [3.05, 3.63) is 53.4 Å². The molecule has 1 aliphatic carbocycles. The third-order valence-electron chi connectivity index (χ3n) is 6.57. The maximum atomic E-state index is 14.3. The fourth-order valence-corrected chi connectivity index (χ4v) is 4.57. The van der Waals surface area contributed by atoms with Gasteiger partial charge in [-0.15, -0.1) is 10.2 Å². The Morgan fingerprint density at radius 2 is 1.94 bits per heavy atom. The first-order valence-electron chi connectivity index (χ1n) is 10.9. The molecule has 10 heteroatoms. The summed E-state index contributed by atoms with van der Waals surface area (Å²) in [5.41, 5.74) is 0.799. The Bertz CT molecular complexity index is 1520. The number of anilines is 2. The number of hydrogen-bond donors (Lipinski definition) is 0. The van der Waals surface area contributed by atoms with E-state index in [1.54, 1.807) is 23.6 Å². The Labute approximate surface area is 191 Å². The Kier molecular flexibility index (Phi) is 4.37. The van der Waals surface area contributed by atoms with Gasteiger partial charge in [-0.05, 0) is 56.4 Å². The largest absolute Gasteiger partial charge is 0.405 e. The number of pyridine rings is 1. The van der Waals surface area contributed by atoms with Crippen molar-refractivity contribution < 1.29 is 17.6 Å². The first kappa shape index (κ1) is 20.8. The van der Waals surface area contributed by atoms with Crippen LogP contribution in [0.5, 0.6) is 0 Å². The molecule has 172 valence electrons. The molecule has 1 aliphatic heterocycles. The minimum atomic E-state index is -4.34. The van der Waals surface area contributed by atoms with Gasteiger partial charge in [0.15, 0.2) is 0 Å². The Morgan fingerprint density at radius 3 is 2.71 bits per heavy atom. The van der Waals surface area contributed by atoms with E-state index in [2.05, 4.69) is 32.0 Å². The first-order valence-corrected chi connectivity index (χ1v) is 10.9. The van der Waals surface area contributed by atoms with Crippen LogP contribution in [0, 0.1) is 30.0 Å². The van der Waals surface area contributed by atoms with Crippen LogP contribution in [-0.2, 0) is 6.42 Å². The van der Waals surface area contributed by atoms with Crippen LogP contribution >= 0.6 is 0 Å². The summed E-state index contributed by atoms with van der Waals surface area (Å²) in [6.07, 6.45) is 0.254. The second-order valence-electron chi connectivity index (χ2n) is 8.75. The van der Waals surface area contributed by atoms with Crippen molar-refractivity contribution in [2.24, 2.45) is 5.41 Å². The number of alkyl halides is 3. The second-order valence-corrected chi connectivity index (χ2v) is 8.75. The van der Waals surface area contributed by atoms with E-state index >= 15 is 0 Å². The van der Waals surface area contributed by atoms with E-state index in [0.717, 1.165) is 12.0 Å².